The van der Waals surface area contributed by atoms with Crippen LogP contribution in [0.15, 0.2) is 48.5 Å². The lowest BCUT2D eigenvalue weighted by Crippen LogP contribution is -2.29. The van der Waals surface area contributed by atoms with E-state index in [-0.39, 0.29) is 24.4 Å². The smallest absolute Gasteiger partial charge is 0.128 e. The summed E-state index contributed by atoms with van der Waals surface area (Å²) in [5.41, 5.74) is 6.68. The van der Waals surface area contributed by atoms with Crippen molar-refractivity contribution in [1.82, 2.24) is 0 Å². The van der Waals surface area contributed by atoms with Crippen molar-refractivity contribution in [3.63, 3.8) is 0 Å². The van der Waals surface area contributed by atoms with Crippen molar-refractivity contribution in [3.05, 3.63) is 71.3 Å². The Morgan fingerprint density at radius 3 is 2.35 bits per heavy atom. The van der Waals surface area contributed by atoms with Crippen LogP contribution in [0, 0.1) is 11.6 Å². The minimum atomic E-state index is -0.973. The third-order valence-electron chi connectivity index (χ3n) is 3.02. The zero-order chi connectivity index (χ0) is 13.8. The predicted molar refractivity (Wildman–Crippen MR) is 76.7 cm³/mol. The molecule has 108 valence electrons. The Hall–Kier alpha value is -1.49. The molecule has 0 bridgehead atoms. The first-order valence-electron chi connectivity index (χ1n) is 6.00. The molecule has 2 nitrogen and oxygen atoms in total. The van der Waals surface area contributed by atoms with E-state index in [2.05, 4.69) is 0 Å². The molecule has 0 amide bonds. The molecule has 0 spiro atoms. The van der Waals surface area contributed by atoms with Gasteiger partial charge in [-0.25, -0.2) is 8.78 Å². The fourth-order valence-corrected chi connectivity index (χ4v) is 1.96. The summed E-state index contributed by atoms with van der Waals surface area (Å²) in [6.45, 7) is 0. The van der Waals surface area contributed by atoms with Crippen LogP contribution < -0.4 is 5.73 Å². The Bertz CT molecular complexity index is 551. The highest BCUT2D eigenvalue weighted by Gasteiger charge is 2.20. The van der Waals surface area contributed by atoms with Gasteiger partial charge in [0.1, 0.15) is 11.6 Å². The molecule has 0 heterocycles. The van der Waals surface area contributed by atoms with Gasteiger partial charge in [0, 0.05) is 12.0 Å². The van der Waals surface area contributed by atoms with E-state index in [0.717, 1.165) is 23.8 Å². The molecule has 3 N–H and O–H groups in total. The van der Waals surface area contributed by atoms with Gasteiger partial charge < -0.3 is 10.8 Å². The number of halogens is 3. The SMILES string of the molecule is Cl.N[C@H](c1cc(F)ccc1F)[C@@H](O)Cc1ccccc1. The highest BCUT2D eigenvalue weighted by Crippen LogP contribution is 2.21. The van der Waals surface area contributed by atoms with Gasteiger partial charge in [0.25, 0.3) is 0 Å². The van der Waals surface area contributed by atoms with Gasteiger partial charge in [0.2, 0.25) is 0 Å². The average Bonchev–Trinajstić information content (AvgIpc) is 2.42. The number of aliphatic hydroxyl groups is 1. The molecule has 0 aliphatic rings. The summed E-state index contributed by atoms with van der Waals surface area (Å²) in [6, 6.07) is 11.3. The standard InChI is InChI=1S/C15H15F2NO.ClH/c16-11-6-7-13(17)12(9-11)15(18)14(19)8-10-4-2-1-3-5-10;/h1-7,9,14-15,19H,8,18H2;1H/t14-,15+;/m0./s1. The largest absolute Gasteiger partial charge is 0.391 e. The number of aliphatic hydroxyl groups excluding tert-OH is 1. The van der Waals surface area contributed by atoms with E-state index in [0.29, 0.717) is 0 Å². The van der Waals surface area contributed by atoms with Gasteiger partial charge in [-0.3, -0.25) is 0 Å². The van der Waals surface area contributed by atoms with Crippen molar-refractivity contribution >= 4 is 12.4 Å². The van der Waals surface area contributed by atoms with Crippen molar-refractivity contribution in [2.75, 3.05) is 0 Å². The maximum atomic E-state index is 13.6. The third-order valence-corrected chi connectivity index (χ3v) is 3.02. The molecular weight excluding hydrogens is 284 g/mol. The summed E-state index contributed by atoms with van der Waals surface area (Å²) in [5.74, 6) is -1.18. The molecule has 5 heteroatoms. The average molecular weight is 300 g/mol. The lowest BCUT2D eigenvalue weighted by molar-refractivity contribution is 0.143. The highest BCUT2D eigenvalue weighted by atomic mass is 35.5. The van der Waals surface area contributed by atoms with Crippen LogP contribution in [0.2, 0.25) is 0 Å². The van der Waals surface area contributed by atoms with E-state index >= 15 is 0 Å². The normalized spacial score (nSPS) is 13.4. The second-order valence-electron chi connectivity index (χ2n) is 4.45. The topological polar surface area (TPSA) is 46.2 Å². The van der Waals surface area contributed by atoms with Crippen LogP contribution in [0.3, 0.4) is 0 Å². The van der Waals surface area contributed by atoms with E-state index in [1.165, 1.54) is 0 Å². The first kappa shape index (κ1) is 16.6. The Morgan fingerprint density at radius 2 is 1.70 bits per heavy atom. The molecule has 20 heavy (non-hydrogen) atoms. The Balaban J connectivity index is 0.00000200. The third kappa shape index (κ3) is 4.00. The molecular formula is C15H16ClF2NO. The fourth-order valence-electron chi connectivity index (χ4n) is 1.96. The maximum absolute atomic E-state index is 13.6. The maximum Gasteiger partial charge on any atom is 0.128 e. The molecule has 0 aliphatic heterocycles. The van der Waals surface area contributed by atoms with Gasteiger partial charge in [0.15, 0.2) is 0 Å². The van der Waals surface area contributed by atoms with Crippen LogP contribution in [0.4, 0.5) is 8.78 Å². The summed E-state index contributed by atoms with van der Waals surface area (Å²) in [7, 11) is 0. The molecule has 2 aromatic carbocycles. The molecule has 0 saturated heterocycles. The van der Waals surface area contributed by atoms with Gasteiger partial charge in [-0.2, -0.15) is 0 Å². The summed E-state index contributed by atoms with van der Waals surface area (Å²) in [4.78, 5) is 0. The lowest BCUT2D eigenvalue weighted by atomic mass is 9.96. The van der Waals surface area contributed by atoms with E-state index < -0.39 is 23.8 Å². The van der Waals surface area contributed by atoms with Crippen LogP contribution in [0.1, 0.15) is 17.2 Å². The van der Waals surface area contributed by atoms with Gasteiger partial charge in [-0.05, 0) is 23.8 Å². The Labute approximate surface area is 122 Å². The molecule has 2 aromatic rings. The number of hydrogen-bond donors (Lipinski definition) is 2. The van der Waals surface area contributed by atoms with E-state index in [9.17, 15) is 13.9 Å². The summed E-state index contributed by atoms with van der Waals surface area (Å²) in [6.07, 6.45) is -0.684. The molecule has 0 aliphatic carbocycles. The number of hydrogen-bond acceptors (Lipinski definition) is 2. The summed E-state index contributed by atoms with van der Waals surface area (Å²) >= 11 is 0. The summed E-state index contributed by atoms with van der Waals surface area (Å²) in [5, 5.41) is 10.0. The zero-order valence-electron chi connectivity index (χ0n) is 10.7. The predicted octanol–water partition coefficient (Wildman–Crippen LogP) is 2.99. The first-order chi connectivity index (χ1) is 9.08. The minimum absolute atomic E-state index is 0. The second-order valence-corrected chi connectivity index (χ2v) is 4.45. The Kier molecular flexibility index (Phi) is 6.07. The van der Waals surface area contributed by atoms with Crippen molar-refractivity contribution in [3.8, 4) is 0 Å². The highest BCUT2D eigenvalue weighted by molar-refractivity contribution is 5.85. The van der Waals surface area contributed by atoms with Gasteiger partial charge in [-0.15, -0.1) is 12.4 Å². The van der Waals surface area contributed by atoms with E-state index in [1.807, 2.05) is 30.3 Å². The molecule has 0 radical (unpaired) electrons. The van der Waals surface area contributed by atoms with E-state index in [4.69, 9.17) is 5.73 Å². The molecule has 0 saturated carbocycles. The monoisotopic (exact) mass is 299 g/mol. The second kappa shape index (κ2) is 7.33. The van der Waals surface area contributed by atoms with Crippen molar-refractivity contribution < 1.29 is 13.9 Å². The molecule has 2 rings (SSSR count). The van der Waals surface area contributed by atoms with Crippen molar-refractivity contribution in [2.45, 2.75) is 18.6 Å². The van der Waals surface area contributed by atoms with Crippen LogP contribution in [-0.2, 0) is 6.42 Å². The Morgan fingerprint density at radius 1 is 1.05 bits per heavy atom. The minimum Gasteiger partial charge on any atom is -0.391 e. The van der Waals surface area contributed by atoms with Crippen molar-refractivity contribution in [1.29, 1.82) is 0 Å². The van der Waals surface area contributed by atoms with Crippen LogP contribution >= 0.6 is 12.4 Å². The number of benzene rings is 2. The van der Waals surface area contributed by atoms with Crippen LogP contribution in [-0.4, -0.2) is 11.2 Å². The molecule has 0 aromatic heterocycles. The van der Waals surface area contributed by atoms with Crippen LogP contribution in [0.5, 0.6) is 0 Å². The van der Waals surface area contributed by atoms with Gasteiger partial charge in [-0.1, -0.05) is 30.3 Å². The number of nitrogens with two attached hydrogens (primary N) is 1. The quantitative estimate of drug-likeness (QED) is 0.911. The van der Waals surface area contributed by atoms with Gasteiger partial charge >= 0.3 is 0 Å². The molecule has 2 atom stereocenters. The van der Waals surface area contributed by atoms with Crippen molar-refractivity contribution in [2.24, 2.45) is 5.73 Å². The number of rotatable bonds is 4. The fraction of sp³-hybridized carbons (Fsp3) is 0.200. The van der Waals surface area contributed by atoms with Gasteiger partial charge in [0.05, 0.1) is 12.1 Å². The first-order valence-corrected chi connectivity index (χ1v) is 6.00. The zero-order valence-corrected chi connectivity index (χ0v) is 11.5. The van der Waals surface area contributed by atoms with E-state index in [1.54, 1.807) is 0 Å². The lowest BCUT2D eigenvalue weighted by Gasteiger charge is -2.20. The molecule has 0 fully saturated rings. The van der Waals surface area contributed by atoms with Crippen LogP contribution in [0.25, 0.3) is 0 Å². The molecule has 0 unspecified atom stereocenters. The summed E-state index contributed by atoms with van der Waals surface area (Å²) < 4.78 is 26.7.